The zero-order valence-corrected chi connectivity index (χ0v) is 35.2. The van der Waals surface area contributed by atoms with Gasteiger partial charge in [-0.15, -0.1) is 11.3 Å². The molecule has 0 fully saturated rings. The Morgan fingerprint density at radius 3 is 1.64 bits per heavy atom. The highest BCUT2D eigenvalue weighted by Crippen LogP contribution is 2.56. The number of fused-ring (bicyclic) bond motifs is 11. The molecule has 2 aliphatic heterocycles. The van der Waals surface area contributed by atoms with Crippen molar-refractivity contribution in [3.8, 4) is 0 Å². The van der Waals surface area contributed by atoms with Gasteiger partial charge in [0.15, 0.2) is 0 Å². The van der Waals surface area contributed by atoms with Crippen molar-refractivity contribution in [1.82, 2.24) is 0 Å². The molecule has 0 radical (unpaired) electrons. The van der Waals surface area contributed by atoms with Gasteiger partial charge in [-0.1, -0.05) is 135 Å². The van der Waals surface area contributed by atoms with Crippen molar-refractivity contribution < 1.29 is 0 Å². The minimum atomic E-state index is -0.201. The van der Waals surface area contributed by atoms with E-state index in [-0.39, 0.29) is 5.41 Å². The molecule has 0 bridgehead atoms. The van der Waals surface area contributed by atoms with Gasteiger partial charge in [0, 0.05) is 46.8 Å². The van der Waals surface area contributed by atoms with Crippen molar-refractivity contribution >= 4 is 131 Å². The normalized spacial score (nSPS) is 14.4. The molecular weight excluding hydrogens is 777 g/mol. The number of hydrogen-bond donors (Lipinski definition) is 0. The Morgan fingerprint density at radius 2 is 0.934 bits per heavy atom. The van der Waals surface area contributed by atoms with Crippen LogP contribution in [0, 0.1) is 0 Å². The van der Waals surface area contributed by atoms with E-state index in [0.29, 0.717) is 0 Å². The fraction of sp³-hybridized carbons (Fsp3) is 0.0526. The van der Waals surface area contributed by atoms with Gasteiger partial charge in [0.2, 0.25) is 0 Å². The van der Waals surface area contributed by atoms with Crippen LogP contribution in [0.5, 0.6) is 0 Å². The van der Waals surface area contributed by atoms with Gasteiger partial charge in [-0.3, -0.25) is 0 Å². The number of hydrogen-bond acceptors (Lipinski definition) is 4. The first-order valence-corrected chi connectivity index (χ1v) is 22.7. The molecule has 0 N–H and O–H groups in total. The molecule has 61 heavy (non-hydrogen) atoms. The lowest BCUT2D eigenvalue weighted by Gasteiger charge is -2.42. The third kappa shape index (κ3) is 4.64. The van der Waals surface area contributed by atoms with Crippen molar-refractivity contribution in [2.45, 2.75) is 29.1 Å². The number of anilines is 6. The van der Waals surface area contributed by atoms with Crippen LogP contribution in [-0.2, 0) is 5.41 Å². The average Bonchev–Trinajstić information content (AvgIpc) is 3.66. The highest BCUT2D eigenvalue weighted by atomic mass is 32.2. The van der Waals surface area contributed by atoms with Gasteiger partial charge in [-0.2, -0.15) is 0 Å². The Kier molecular flexibility index (Phi) is 6.75. The Bertz CT molecular complexity index is 3800. The zero-order chi connectivity index (χ0) is 40.1. The molecule has 1 aromatic heterocycles. The molecule has 0 saturated heterocycles. The second kappa shape index (κ2) is 12.1. The van der Waals surface area contributed by atoms with E-state index in [4.69, 9.17) is 0 Å². The third-order valence-corrected chi connectivity index (χ3v) is 15.9. The van der Waals surface area contributed by atoms with Crippen LogP contribution in [-0.4, -0.2) is 0 Å². The number of thiophene rings is 1. The molecule has 2 aliphatic rings. The first kappa shape index (κ1) is 33.9. The Hall–Kier alpha value is -6.85. The molecule has 4 heteroatoms. The molecule has 3 heterocycles. The molecule has 0 amide bonds. The van der Waals surface area contributed by atoms with Gasteiger partial charge < -0.3 is 9.80 Å². The van der Waals surface area contributed by atoms with Crippen LogP contribution in [0.1, 0.15) is 25.0 Å². The fourth-order valence-electron chi connectivity index (χ4n) is 10.9. The molecule has 2 nitrogen and oxygen atoms in total. The van der Waals surface area contributed by atoms with Gasteiger partial charge >= 0.3 is 0 Å². The average molecular weight is 813 g/mol. The highest BCUT2D eigenvalue weighted by molar-refractivity contribution is 7.99. The SMILES string of the molecule is CC1(C)c2ccccc2N(c2ccc3c(ccc4cc(N5c6ccccc6Sc6ccccc65)ccc43)c2)c2cc3sc4cc5ccc6cccc7ccc(c4c3cc21)c5c67. The lowest BCUT2D eigenvalue weighted by Crippen LogP contribution is -2.30. The van der Waals surface area contributed by atoms with E-state index < -0.39 is 0 Å². The number of rotatable bonds is 2. The summed E-state index contributed by atoms with van der Waals surface area (Å²) in [6.07, 6.45) is 0. The second-order valence-electron chi connectivity index (χ2n) is 17.3. The van der Waals surface area contributed by atoms with Gasteiger partial charge in [0.25, 0.3) is 0 Å². The monoisotopic (exact) mass is 812 g/mol. The van der Waals surface area contributed by atoms with Crippen LogP contribution in [0.2, 0.25) is 0 Å². The Labute approximate surface area is 361 Å². The minimum Gasteiger partial charge on any atom is -0.310 e. The second-order valence-corrected chi connectivity index (χ2v) is 19.5. The van der Waals surface area contributed by atoms with Gasteiger partial charge in [0.1, 0.15) is 0 Å². The largest absolute Gasteiger partial charge is 0.310 e. The van der Waals surface area contributed by atoms with Crippen molar-refractivity contribution in [3.05, 3.63) is 193 Å². The van der Waals surface area contributed by atoms with E-state index in [0.717, 1.165) is 0 Å². The number of benzene rings is 11. The van der Waals surface area contributed by atoms with Crippen molar-refractivity contribution in [3.63, 3.8) is 0 Å². The Morgan fingerprint density at radius 1 is 0.361 bits per heavy atom. The maximum absolute atomic E-state index is 2.53. The molecule has 0 unspecified atom stereocenters. The van der Waals surface area contributed by atoms with Crippen molar-refractivity contribution in [2.75, 3.05) is 9.80 Å². The summed E-state index contributed by atoms with van der Waals surface area (Å²) >= 11 is 3.77. The quantitative estimate of drug-likeness (QED) is 0.161. The zero-order valence-electron chi connectivity index (χ0n) is 33.5. The molecule has 0 atom stereocenters. The number of nitrogens with zero attached hydrogens (tertiary/aromatic N) is 2. The minimum absolute atomic E-state index is 0.201. The number of para-hydroxylation sites is 3. The van der Waals surface area contributed by atoms with E-state index in [2.05, 4.69) is 206 Å². The van der Waals surface area contributed by atoms with E-state index >= 15 is 0 Å². The lowest BCUT2D eigenvalue weighted by atomic mass is 9.73. The fourth-order valence-corrected chi connectivity index (χ4v) is 13.1. The molecule has 0 spiro atoms. The Balaban J connectivity index is 0.939. The first-order chi connectivity index (χ1) is 30.0. The maximum atomic E-state index is 2.53. The summed E-state index contributed by atoms with van der Waals surface area (Å²) in [6.45, 7) is 4.81. The van der Waals surface area contributed by atoms with Crippen LogP contribution in [0.25, 0.3) is 74.0 Å². The van der Waals surface area contributed by atoms with Crippen LogP contribution in [0.4, 0.5) is 34.1 Å². The topological polar surface area (TPSA) is 6.48 Å². The maximum Gasteiger partial charge on any atom is 0.0601 e. The van der Waals surface area contributed by atoms with Gasteiger partial charge in [-0.25, -0.2) is 0 Å². The van der Waals surface area contributed by atoms with Crippen molar-refractivity contribution in [2.24, 2.45) is 0 Å². The van der Waals surface area contributed by atoms with Crippen LogP contribution in [0.15, 0.2) is 192 Å². The highest BCUT2D eigenvalue weighted by Gasteiger charge is 2.38. The summed E-state index contributed by atoms with van der Waals surface area (Å²) in [5.74, 6) is 0. The first-order valence-electron chi connectivity index (χ1n) is 21.1. The summed E-state index contributed by atoms with van der Waals surface area (Å²) < 4.78 is 2.67. The molecule has 12 aromatic rings. The van der Waals surface area contributed by atoms with E-state index in [1.807, 2.05) is 23.1 Å². The predicted octanol–water partition coefficient (Wildman–Crippen LogP) is 17.3. The molecule has 11 aromatic carbocycles. The van der Waals surface area contributed by atoms with E-state index in [1.54, 1.807) is 0 Å². The summed E-state index contributed by atoms with van der Waals surface area (Å²) in [7, 11) is 0. The van der Waals surface area contributed by atoms with Crippen LogP contribution >= 0.6 is 23.1 Å². The smallest absolute Gasteiger partial charge is 0.0601 e. The predicted molar refractivity (Wildman–Crippen MR) is 264 cm³/mol. The molecule has 0 saturated carbocycles. The summed E-state index contributed by atoms with van der Waals surface area (Å²) in [5.41, 5.74) is 9.79. The van der Waals surface area contributed by atoms with Gasteiger partial charge in [-0.05, 0) is 138 Å². The van der Waals surface area contributed by atoms with E-state index in [9.17, 15) is 0 Å². The molecule has 14 rings (SSSR count). The van der Waals surface area contributed by atoms with Crippen LogP contribution < -0.4 is 9.80 Å². The molecule has 0 aliphatic carbocycles. The summed E-state index contributed by atoms with van der Waals surface area (Å²) in [5, 5.41) is 15.8. The third-order valence-electron chi connectivity index (χ3n) is 13.7. The van der Waals surface area contributed by atoms with Gasteiger partial charge in [0.05, 0.1) is 22.7 Å². The standard InChI is InChI=1S/C57H36N2S2/c1-57(2)44-12-3-4-13-46(44)58(49-32-52-43(31-45(49)57)56-42-25-22-34-11-9-10-33-18-21-37(30-53(56)61-52)55(42)54(33)34)38-23-26-40-35(28-38)19-20-36-29-39(24-27-41(36)40)59-47-14-5-7-16-50(47)60-51-17-8-6-15-48(51)59/h3-32H,1-2H3. The van der Waals surface area contributed by atoms with Crippen molar-refractivity contribution in [1.29, 1.82) is 0 Å². The summed E-state index contributed by atoms with van der Waals surface area (Å²) in [6, 6.07) is 68.6. The summed E-state index contributed by atoms with van der Waals surface area (Å²) in [4.78, 5) is 7.49. The van der Waals surface area contributed by atoms with Crippen LogP contribution in [0.3, 0.4) is 0 Å². The molecular formula is C57H36N2S2. The van der Waals surface area contributed by atoms with E-state index in [1.165, 1.54) is 129 Å². The molecule has 286 valence electrons. The lowest BCUT2D eigenvalue weighted by molar-refractivity contribution is 0.633.